The Labute approximate surface area is 247 Å². The summed E-state index contributed by atoms with van der Waals surface area (Å²) in [5.41, 5.74) is 0.681. The van der Waals surface area contributed by atoms with Crippen LogP contribution in [0.5, 0.6) is 0 Å². The van der Waals surface area contributed by atoms with Gasteiger partial charge >= 0.3 is 0 Å². The number of thiophene rings is 2. The maximum absolute atomic E-state index is 15.3. The maximum Gasteiger partial charge on any atom is 0.171 e. The van der Waals surface area contributed by atoms with Crippen molar-refractivity contribution < 1.29 is 17.6 Å². The summed E-state index contributed by atoms with van der Waals surface area (Å²) in [7, 11) is 0. The summed E-state index contributed by atoms with van der Waals surface area (Å²) >= 11 is 2.27. The second-order valence-corrected chi connectivity index (χ2v) is 14.4. The molecule has 40 heavy (non-hydrogen) atoms. The molecular weight excluding hydrogens is 549 g/mol. The van der Waals surface area contributed by atoms with E-state index in [1.807, 2.05) is 10.8 Å². The lowest BCUT2D eigenvalue weighted by Crippen LogP contribution is -2.02. The lowest BCUT2D eigenvalue weighted by atomic mass is 9.94. The first-order valence-corrected chi connectivity index (χ1v) is 16.7. The summed E-state index contributed by atoms with van der Waals surface area (Å²) in [5.74, 6) is -2.79. The standard InChI is InChI=1S/C34H46F4S2/c1-21(2)9-7-11-23(5)13-15-25-17-27(39-19-25)29-31(35)33(37)30(34(38)32(29)36)28-18-26(20-40-28)16-14-24(6)12-8-10-22(3)4/h17-24H,7-16H2,1-6H3. The highest BCUT2D eigenvalue weighted by molar-refractivity contribution is 7.14. The van der Waals surface area contributed by atoms with Gasteiger partial charge in [-0.25, -0.2) is 17.6 Å². The van der Waals surface area contributed by atoms with Gasteiger partial charge in [0, 0.05) is 9.75 Å². The van der Waals surface area contributed by atoms with Crippen LogP contribution in [0.1, 0.15) is 104 Å². The number of hydrogen-bond donors (Lipinski definition) is 0. The van der Waals surface area contributed by atoms with Gasteiger partial charge in [-0.2, -0.15) is 0 Å². The third-order valence-corrected chi connectivity index (χ3v) is 9.87. The van der Waals surface area contributed by atoms with Crippen LogP contribution in [-0.2, 0) is 12.8 Å². The van der Waals surface area contributed by atoms with E-state index in [1.165, 1.54) is 25.7 Å². The minimum absolute atomic E-state index is 0.222. The van der Waals surface area contributed by atoms with Crippen LogP contribution in [0.3, 0.4) is 0 Å². The fourth-order valence-electron chi connectivity index (χ4n) is 5.20. The highest BCUT2D eigenvalue weighted by Gasteiger charge is 2.28. The highest BCUT2D eigenvalue weighted by atomic mass is 32.1. The van der Waals surface area contributed by atoms with Crippen LogP contribution in [0.4, 0.5) is 17.6 Å². The van der Waals surface area contributed by atoms with Crippen molar-refractivity contribution in [3.8, 4) is 20.9 Å². The number of halogens is 4. The molecule has 0 nitrogen and oxygen atoms in total. The second kappa shape index (κ2) is 15.5. The molecule has 0 fully saturated rings. The van der Waals surface area contributed by atoms with Crippen molar-refractivity contribution in [1.82, 2.24) is 0 Å². The van der Waals surface area contributed by atoms with Gasteiger partial charge in [0.1, 0.15) is 0 Å². The van der Waals surface area contributed by atoms with Crippen molar-refractivity contribution in [3.63, 3.8) is 0 Å². The summed E-state index contributed by atoms with van der Waals surface area (Å²) in [4.78, 5) is 0.445. The van der Waals surface area contributed by atoms with Gasteiger partial charge in [0.15, 0.2) is 23.3 Å². The van der Waals surface area contributed by atoms with Crippen LogP contribution in [-0.4, -0.2) is 0 Å². The average molecular weight is 595 g/mol. The lowest BCUT2D eigenvalue weighted by molar-refractivity contribution is 0.437. The van der Waals surface area contributed by atoms with Crippen molar-refractivity contribution in [3.05, 3.63) is 57.3 Å². The van der Waals surface area contributed by atoms with Crippen LogP contribution in [0.2, 0.25) is 0 Å². The Hall–Kier alpha value is -1.66. The summed E-state index contributed by atoms with van der Waals surface area (Å²) in [6.07, 6.45) is 10.6. The van der Waals surface area contributed by atoms with Crippen molar-refractivity contribution in [2.45, 2.75) is 106 Å². The molecule has 2 atom stereocenters. The van der Waals surface area contributed by atoms with Gasteiger partial charge in [0.2, 0.25) is 0 Å². The van der Waals surface area contributed by atoms with Crippen molar-refractivity contribution in [2.24, 2.45) is 23.7 Å². The van der Waals surface area contributed by atoms with Crippen molar-refractivity contribution in [1.29, 1.82) is 0 Å². The minimum atomic E-state index is -1.32. The molecule has 2 unspecified atom stereocenters. The highest BCUT2D eigenvalue weighted by Crippen LogP contribution is 2.41. The second-order valence-electron chi connectivity index (χ2n) is 12.6. The molecule has 0 spiro atoms. The van der Waals surface area contributed by atoms with Gasteiger partial charge in [-0.1, -0.05) is 80.1 Å². The molecule has 0 amide bonds. The maximum atomic E-state index is 15.3. The summed E-state index contributed by atoms with van der Waals surface area (Å²) < 4.78 is 61.1. The number of benzene rings is 1. The van der Waals surface area contributed by atoms with Crippen LogP contribution < -0.4 is 0 Å². The smallest absolute Gasteiger partial charge is 0.171 e. The first-order chi connectivity index (χ1) is 19.0. The van der Waals surface area contributed by atoms with E-state index in [2.05, 4.69) is 41.5 Å². The Morgan fingerprint density at radius 3 is 1.20 bits per heavy atom. The first-order valence-electron chi connectivity index (χ1n) is 15.0. The van der Waals surface area contributed by atoms with Gasteiger partial charge in [-0.05, 0) is 83.4 Å². The Bertz CT molecular complexity index is 1080. The normalized spacial score (nSPS) is 13.5. The average Bonchev–Trinajstić information content (AvgIpc) is 3.55. The quantitative estimate of drug-likeness (QED) is 0.114. The molecule has 0 radical (unpaired) electrons. The van der Waals surface area contributed by atoms with Crippen LogP contribution >= 0.6 is 22.7 Å². The zero-order valence-electron chi connectivity index (χ0n) is 25.0. The zero-order chi connectivity index (χ0) is 29.4. The molecule has 6 heteroatoms. The molecular formula is C34H46F4S2. The van der Waals surface area contributed by atoms with E-state index in [9.17, 15) is 0 Å². The first kappa shape index (κ1) is 32.8. The monoisotopic (exact) mass is 594 g/mol. The fraction of sp³-hybridized carbons (Fsp3) is 0.588. The Kier molecular flexibility index (Phi) is 12.8. The van der Waals surface area contributed by atoms with E-state index in [0.717, 1.165) is 72.3 Å². The van der Waals surface area contributed by atoms with E-state index >= 15 is 17.6 Å². The Morgan fingerprint density at radius 2 is 0.875 bits per heavy atom. The van der Waals surface area contributed by atoms with Gasteiger partial charge in [-0.3, -0.25) is 0 Å². The van der Waals surface area contributed by atoms with E-state index in [-0.39, 0.29) is 9.75 Å². The van der Waals surface area contributed by atoms with Gasteiger partial charge in [0.05, 0.1) is 11.1 Å². The molecule has 0 aliphatic carbocycles. The van der Waals surface area contributed by atoms with E-state index < -0.39 is 34.4 Å². The number of aryl methyl sites for hydroxylation is 2. The van der Waals surface area contributed by atoms with Crippen LogP contribution in [0.25, 0.3) is 20.9 Å². The summed E-state index contributed by atoms with van der Waals surface area (Å²) in [5, 5.41) is 3.68. The van der Waals surface area contributed by atoms with Gasteiger partial charge in [-0.15, -0.1) is 22.7 Å². The third kappa shape index (κ3) is 9.17. The van der Waals surface area contributed by atoms with E-state index in [0.29, 0.717) is 23.7 Å². The zero-order valence-corrected chi connectivity index (χ0v) is 26.7. The fourth-order valence-corrected chi connectivity index (χ4v) is 7.17. The number of rotatable bonds is 16. The molecule has 2 aromatic heterocycles. The molecule has 0 saturated carbocycles. The molecule has 3 rings (SSSR count). The Balaban J connectivity index is 1.69. The van der Waals surface area contributed by atoms with Gasteiger partial charge in [0.25, 0.3) is 0 Å². The molecule has 0 saturated heterocycles. The van der Waals surface area contributed by atoms with Gasteiger partial charge < -0.3 is 0 Å². The summed E-state index contributed by atoms with van der Waals surface area (Å²) in [6, 6.07) is 3.36. The molecule has 222 valence electrons. The van der Waals surface area contributed by atoms with Crippen molar-refractivity contribution in [2.75, 3.05) is 0 Å². The number of hydrogen-bond acceptors (Lipinski definition) is 2. The third-order valence-electron chi connectivity index (χ3n) is 7.87. The van der Waals surface area contributed by atoms with Crippen molar-refractivity contribution >= 4 is 22.7 Å². The molecule has 0 bridgehead atoms. The SMILES string of the molecule is CC(C)CCCC(C)CCc1csc(-c2c(F)c(F)c(-c3cc(CCC(C)CCCC(C)C)cs3)c(F)c2F)c1. The topological polar surface area (TPSA) is 0 Å². The Morgan fingerprint density at radius 1 is 0.525 bits per heavy atom. The predicted molar refractivity (Wildman–Crippen MR) is 165 cm³/mol. The van der Waals surface area contributed by atoms with Crippen LogP contribution in [0, 0.1) is 46.9 Å². The molecule has 1 aromatic carbocycles. The predicted octanol–water partition coefficient (Wildman–Crippen LogP) is 12.5. The largest absolute Gasteiger partial charge is 0.203 e. The minimum Gasteiger partial charge on any atom is -0.203 e. The summed E-state index contributed by atoms with van der Waals surface area (Å²) in [6.45, 7) is 13.3. The van der Waals surface area contributed by atoms with Crippen LogP contribution in [0.15, 0.2) is 22.9 Å². The molecule has 2 heterocycles. The molecule has 0 N–H and O–H groups in total. The van der Waals surface area contributed by atoms with E-state index in [1.54, 1.807) is 12.1 Å². The lowest BCUT2D eigenvalue weighted by Gasteiger charge is -2.12. The molecule has 0 aliphatic rings. The molecule has 0 aliphatic heterocycles. The molecule has 3 aromatic rings. The van der Waals surface area contributed by atoms with E-state index in [4.69, 9.17) is 0 Å².